The fourth-order valence-corrected chi connectivity index (χ4v) is 4.20. The molecule has 0 spiro atoms. The highest BCUT2D eigenvalue weighted by atomic mass is 16.2. The Bertz CT molecular complexity index is 932. The minimum Gasteiger partial charge on any atom is -0.350 e. The molecule has 3 heterocycles. The van der Waals surface area contributed by atoms with Gasteiger partial charge in [-0.3, -0.25) is 4.79 Å². The smallest absolute Gasteiger partial charge is 0.223 e. The van der Waals surface area contributed by atoms with Gasteiger partial charge < -0.3 is 9.80 Å². The maximum absolute atomic E-state index is 12.2. The molecule has 6 heteroatoms. The summed E-state index contributed by atoms with van der Waals surface area (Å²) in [6.07, 6.45) is 2.61. The van der Waals surface area contributed by atoms with Crippen molar-refractivity contribution in [3.05, 3.63) is 54.1 Å². The van der Waals surface area contributed by atoms with Crippen molar-refractivity contribution in [2.45, 2.75) is 32.0 Å². The first-order valence-electron chi connectivity index (χ1n) is 9.23. The average Bonchev–Trinajstić information content (AvgIpc) is 3.27. The number of carbonyl (C=O) groups excluding carboxylic acids is 1. The van der Waals surface area contributed by atoms with Gasteiger partial charge in [0, 0.05) is 25.2 Å². The number of rotatable bonds is 3. The van der Waals surface area contributed by atoms with Crippen LogP contribution in [-0.2, 0) is 11.5 Å². The van der Waals surface area contributed by atoms with Crippen molar-refractivity contribution >= 4 is 22.6 Å². The molecule has 1 saturated heterocycles. The van der Waals surface area contributed by atoms with Gasteiger partial charge in [0.1, 0.15) is 17.7 Å². The van der Waals surface area contributed by atoms with Crippen molar-refractivity contribution in [3.63, 3.8) is 0 Å². The topological polar surface area (TPSA) is 54.3 Å². The van der Waals surface area contributed by atoms with E-state index >= 15 is 0 Å². The number of amides is 1. The molecule has 2 aliphatic rings. The third-order valence-electron chi connectivity index (χ3n) is 5.42. The van der Waals surface area contributed by atoms with E-state index in [0.717, 1.165) is 37.0 Å². The number of hydrogen-bond acceptors (Lipinski definition) is 4. The maximum atomic E-state index is 12.2. The molecule has 1 aromatic heterocycles. The summed E-state index contributed by atoms with van der Waals surface area (Å²) in [5.74, 6) is 0.290. The SMILES string of the molecule is O=C1CCCN1C1CCN(Cn2nc3ccccc3n2)c2ccccc21. The largest absolute Gasteiger partial charge is 0.350 e. The molecule has 0 aliphatic carbocycles. The number of hydrogen-bond donors (Lipinski definition) is 0. The molecule has 1 fully saturated rings. The molecular weight excluding hydrogens is 326 g/mol. The van der Waals surface area contributed by atoms with E-state index < -0.39 is 0 Å². The second-order valence-corrected chi connectivity index (χ2v) is 7.02. The van der Waals surface area contributed by atoms with Gasteiger partial charge in [0.2, 0.25) is 5.91 Å². The van der Waals surface area contributed by atoms with Crippen LogP contribution in [0.15, 0.2) is 48.5 Å². The zero-order chi connectivity index (χ0) is 17.5. The van der Waals surface area contributed by atoms with Crippen LogP contribution in [0.4, 0.5) is 5.69 Å². The summed E-state index contributed by atoms with van der Waals surface area (Å²) in [4.78, 5) is 18.4. The number of likely N-dealkylation sites (tertiary alicyclic amines) is 1. The Kier molecular flexibility index (Phi) is 3.62. The van der Waals surface area contributed by atoms with E-state index in [1.54, 1.807) is 4.80 Å². The first-order chi connectivity index (χ1) is 12.8. The Labute approximate surface area is 152 Å². The first kappa shape index (κ1) is 15.4. The summed E-state index contributed by atoms with van der Waals surface area (Å²) in [7, 11) is 0. The molecule has 5 rings (SSSR count). The number of aromatic nitrogens is 3. The number of carbonyl (C=O) groups is 1. The second-order valence-electron chi connectivity index (χ2n) is 7.02. The van der Waals surface area contributed by atoms with Gasteiger partial charge in [-0.2, -0.15) is 15.0 Å². The zero-order valence-corrected chi connectivity index (χ0v) is 14.6. The highest BCUT2D eigenvalue weighted by Crippen LogP contribution is 2.39. The minimum absolute atomic E-state index is 0.196. The molecule has 6 nitrogen and oxygen atoms in total. The molecule has 2 aliphatic heterocycles. The van der Waals surface area contributed by atoms with E-state index in [0.29, 0.717) is 19.0 Å². The Morgan fingerprint density at radius 2 is 1.69 bits per heavy atom. The molecular formula is C20H21N5O. The molecule has 132 valence electrons. The molecule has 26 heavy (non-hydrogen) atoms. The van der Waals surface area contributed by atoms with E-state index in [9.17, 15) is 4.79 Å². The Morgan fingerprint density at radius 3 is 2.42 bits per heavy atom. The number of nitrogens with zero attached hydrogens (tertiary/aromatic N) is 5. The monoisotopic (exact) mass is 347 g/mol. The van der Waals surface area contributed by atoms with Gasteiger partial charge in [0.05, 0.1) is 6.04 Å². The lowest BCUT2D eigenvalue weighted by atomic mass is 9.95. The fourth-order valence-electron chi connectivity index (χ4n) is 4.20. The Balaban J connectivity index is 1.45. The Morgan fingerprint density at radius 1 is 0.962 bits per heavy atom. The number of para-hydroxylation sites is 1. The molecule has 0 N–H and O–H groups in total. The minimum atomic E-state index is 0.196. The predicted octanol–water partition coefficient (Wildman–Crippen LogP) is 2.96. The lowest BCUT2D eigenvalue weighted by Crippen LogP contribution is -2.39. The Hall–Kier alpha value is -2.89. The summed E-state index contributed by atoms with van der Waals surface area (Å²) in [6, 6.07) is 16.6. The van der Waals surface area contributed by atoms with Crippen LogP contribution in [0.5, 0.6) is 0 Å². The van der Waals surface area contributed by atoms with Crippen LogP contribution in [0, 0.1) is 0 Å². The van der Waals surface area contributed by atoms with Crippen LogP contribution in [0.2, 0.25) is 0 Å². The first-order valence-corrected chi connectivity index (χ1v) is 9.23. The van der Waals surface area contributed by atoms with Crippen molar-refractivity contribution in [2.24, 2.45) is 0 Å². The van der Waals surface area contributed by atoms with Gasteiger partial charge in [-0.15, -0.1) is 0 Å². The van der Waals surface area contributed by atoms with E-state index in [2.05, 4.69) is 44.3 Å². The second kappa shape index (κ2) is 6.12. The van der Waals surface area contributed by atoms with Gasteiger partial charge in [-0.25, -0.2) is 0 Å². The molecule has 1 amide bonds. The molecule has 1 atom stereocenters. The molecule has 2 aromatic carbocycles. The van der Waals surface area contributed by atoms with Crippen LogP contribution in [0.25, 0.3) is 11.0 Å². The lowest BCUT2D eigenvalue weighted by molar-refractivity contribution is -0.130. The third kappa shape index (κ3) is 2.53. The standard InChI is InChI=1S/C20H21N5O/c26-20-10-5-12-24(20)19-11-13-23(18-9-4-1-6-15(18)19)14-25-21-16-7-2-3-8-17(16)22-25/h1-4,6-9,19H,5,10-14H2. The zero-order valence-electron chi connectivity index (χ0n) is 14.6. The summed E-state index contributed by atoms with van der Waals surface area (Å²) >= 11 is 0. The quantitative estimate of drug-likeness (QED) is 0.731. The van der Waals surface area contributed by atoms with E-state index in [1.165, 1.54) is 11.3 Å². The van der Waals surface area contributed by atoms with Gasteiger partial charge >= 0.3 is 0 Å². The van der Waals surface area contributed by atoms with E-state index in [4.69, 9.17) is 0 Å². The summed E-state index contributed by atoms with van der Waals surface area (Å²) in [5, 5.41) is 9.18. The van der Waals surface area contributed by atoms with Crippen LogP contribution in [-0.4, -0.2) is 38.9 Å². The van der Waals surface area contributed by atoms with Gasteiger partial charge in [0.25, 0.3) is 0 Å². The van der Waals surface area contributed by atoms with Crippen molar-refractivity contribution in [1.82, 2.24) is 19.9 Å². The number of benzene rings is 2. The average molecular weight is 347 g/mol. The summed E-state index contributed by atoms with van der Waals surface area (Å²) in [5.41, 5.74) is 4.26. The summed E-state index contributed by atoms with van der Waals surface area (Å²) in [6.45, 7) is 2.39. The van der Waals surface area contributed by atoms with Gasteiger partial charge in [-0.05, 0) is 36.6 Å². The fraction of sp³-hybridized carbons (Fsp3) is 0.350. The highest BCUT2D eigenvalue weighted by Gasteiger charge is 2.34. The molecule has 0 saturated carbocycles. The van der Waals surface area contributed by atoms with Crippen LogP contribution in [0.1, 0.15) is 30.9 Å². The van der Waals surface area contributed by atoms with Crippen LogP contribution in [0.3, 0.4) is 0 Å². The van der Waals surface area contributed by atoms with Crippen molar-refractivity contribution in [1.29, 1.82) is 0 Å². The molecule has 0 radical (unpaired) electrons. The number of anilines is 1. The molecule has 3 aromatic rings. The summed E-state index contributed by atoms with van der Waals surface area (Å²) < 4.78 is 0. The van der Waals surface area contributed by atoms with Crippen molar-refractivity contribution < 1.29 is 4.79 Å². The molecule has 0 bridgehead atoms. The van der Waals surface area contributed by atoms with Crippen LogP contribution < -0.4 is 4.90 Å². The van der Waals surface area contributed by atoms with Crippen LogP contribution >= 0.6 is 0 Å². The highest BCUT2D eigenvalue weighted by molar-refractivity contribution is 5.79. The third-order valence-corrected chi connectivity index (χ3v) is 5.42. The van der Waals surface area contributed by atoms with Gasteiger partial charge in [0.15, 0.2) is 0 Å². The van der Waals surface area contributed by atoms with Gasteiger partial charge in [-0.1, -0.05) is 30.3 Å². The van der Waals surface area contributed by atoms with E-state index in [-0.39, 0.29) is 6.04 Å². The van der Waals surface area contributed by atoms with Crippen molar-refractivity contribution in [3.8, 4) is 0 Å². The lowest BCUT2D eigenvalue weighted by Gasteiger charge is -2.39. The number of fused-ring (bicyclic) bond motifs is 2. The maximum Gasteiger partial charge on any atom is 0.223 e. The predicted molar refractivity (Wildman–Crippen MR) is 99.6 cm³/mol. The normalized spacial score (nSPS) is 20.0. The molecule has 1 unspecified atom stereocenters. The van der Waals surface area contributed by atoms with E-state index in [1.807, 2.05) is 24.3 Å². The van der Waals surface area contributed by atoms with Crippen molar-refractivity contribution in [2.75, 3.05) is 18.0 Å².